The van der Waals surface area contributed by atoms with Gasteiger partial charge in [0.25, 0.3) is 0 Å². The fourth-order valence-corrected chi connectivity index (χ4v) is 3.66. The maximum absolute atomic E-state index is 14.1. The van der Waals surface area contributed by atoms with E-state index in [1.807, 2.05) is 18.2 Å². The van der Waals surface area contributed by atoms with Gasteiger partial charge in [-0.25, -0.2) is 8.60 Å². The summed E-state index contributed by atoms with van der Waals surface area (Å²) in [5, 5.41) is 3.17. The first-order valence-electron chi connectivity index (χ1n) is 8.63. The van der Waals surface area contributed by atoms with Crippen LogP contribution in [0.5, 0.6) is 5.75 Å². The number of anilines is 2. The van der Waals surface area contributed by atoms with Gasteiger partial charge in [0.2, 0.25) is 0 Å². The van der Waals surface area contributed by atoms with Crippen LogP contribution in [0.15, 0.2) is 65.7 Å². The third-order valence-electron chi connectivity index (χ3n) is 3.94. The lowest BCUT2D eigenvalue weighted by Crippen LogP contribution is -2.13. The van der Waals surface area contributed by atoms with Gasteiger partial charge in [-0.3, -0.25) is 4.98 Å². The van der Waals surface area contributed by atoms with Gasteiger partial charge < -0.3 is 20.5 Å². The molecule has 0 aliphatic rings. The van der Waals surface area contributed by atoms with Crippen LogP contribution in [-0.2, 0) is 11.0 Å². The Balaban J connectivity index is 1.88. The summed E-state index contributed by atoms with van der Waals surface area (Å²) in [6, 6.07) is 15.2. The van der Waals surface area contributed by atoms with E-state index in [0.717, 1.165) is 5.69 Å². The number of nitrogens with one attached hydrogen (secondary N) is 2. The molecule has 3 aromatic rings. The van der Waals surface area contributed by atoms with Crippen LogP contribution >= 0.6 is 0 Å². The molecule has 6 nitrogen and oxygen atoms in total. The molecule has 0 bridgehead atoms. The van der Waals surface area contributed by atoms with Crippen LogP contribution in [0, 0.1) is 5.82 Å². The van der Waals surface area contributed by atoms with Crippen LogP contribution in [0.4, 0.5) is 15.8 Å². The third-order valence-corrected chi connectivity index (χ3v) is 5.08. The largest absolute Gasteiger partial charge is 0.495 e. The van der Waals surface area contributed by atoms with Gasteiger partial charge in [-0.05, 0) is 48.5 Å². The molecule has 1 unspecified atom stereocenters. The van der Waals surface area contributed by atoms with Crippen molar-refractivity contribution >= 4 is 22.4 Å². The zero-order valence-electron chi connectivity index (χ0n) is 15.3. The highest BCUT2D eigenvalue weighted by Gasteiger charge is 2.15. The molecule has 2 aromatic carbocycles. The minimum absolute atomic E-state index is 0.191. The van der Waals surface area contributed by atoms with Crippen LogP contribution in [0.25, 0.3) is 11.3 Å². The van der Waals surface area contributed by atoms with E-state index in [-0.39, 0.29) is 5.69 Å². The zero-order chi connectivity index (χ0) is 19.9. The highest BCUT2D eigenvalue weighted by atomic mass is 32.2. The molecular weight excluding hydrogens is 379 g/mol. The number of aromatic nitrogens is 1. The van der Waals surface area contributed by atoms with Crippen molar-refractivity contribution in [3.05, 3.63) is 66.6 Å². The van der Waals surface area contributed by atoms with E-state index in [0.29, 0.717) is 35.0 Å². The lowest BCUT2D eigenvalue weighted by atomic mass is 10.1. The summed E-state index contributed by atoms with van der Waals surface area (Å²) in [6.45, 7) is 1.15. The minimum Gasteiger partial charge on any atom is -0.495 e. The van der Waals surface area contributed by atoms with Crippen LogP contribution in [-0.4, -0.2) is 29.4 Å². The van der Waals surface area contributed by atoms with Gasteiger partial charge in [-0.2, -0.15) is 0 Å². The average molecular weight is 400 g/mol. The van der Waals surface area contributed by atoms with Gasteiger partial charge in [0.15, 0.2) is 11.0 Å². The number of methoxy groups -OCH3 is 1. The second kappa shape index (κ2) is 9.29. The summed E-state index contributed by atoms with van der Waals surface area (Å²) in [4.78, 5) is 4.47. The first-order valence-corrected chi connectivity index (χ1v) is 9.78. The zero-order valence-corrected chi connectivity index (χ0v) is 16.1. The fraction of sp³-hybridized carbons (Fsp3) is 0.150. The Morgan fingerprint density at radius 3 is 2.71 bits per heavy atom. The summed E-state index contributed by atoms with van der Waals surface area (Å²) >= 11 is 0. The Bertz CT molecular complexity index is 984. The van der Waals surface area contributed by atoms with E-state index in [1.54, 1.807) is 24.3 Å². The number of pyridine rings is 1. The first kappa shape index (κ1) is 19.8. The van der Waals surface area contributed by atoms with Crippen LogP contribution in [0.1, 0.15) is 0 Å². The van der Waals surface area contributed by atoms with Crippen molar-refractivity contribution < 1.29 is 13.3 Å². The normalized spacial score (nSPS) is 11.7. The van der Waals surface area contributed by atoms with Gasteiger partial charge in [-0.1, -0.05) is 6.07 Å². The van der Waals surface area contributed by atoms with Gasteiger partial charge in [0, 0.05) is 36.2 Å². The third kappa shape index (κ3) is 4.65. The summed E-state index contributed by atoms with van der Waals surface area (Å²) in [7, 11) is -0.134. The quantitative estimate of drug-likeness (QED) is 0.539. The molecule has 3 rings (SSSR count). The van der Waals surface area contributed by atoms with Crippen molar-refractivity contribution in [3.63, 3.8) is 0 Å². The fourth-order valence-electron chi connectivity index (χ4n) is 2.64. The van der Waals surface area contributed by atoms with Gasteiger partial charge in [0.05, 0.1) is 7.11 Å². The highest BCUT2D eigenvalue weighted by Crippen LogP contribution is 2.30. The molecular formula is C20H21FN4O2S. The second-order valence-corrected chi connectivity index (χ2v) is 7.05. The molecule has 0 saturated heterocycles. The van der Waals surface area contributed by atoms with E-state index in [2.05, 4.69) is 15.0 Å². The molecule has 4 N–H and O–H groups in total. The molecule has 1 aromatic heterocycles. The molecule has 0 radical (unpaired) electrons. The van der Waals surface area contributed by atoms with Crippen molar-refractivity contribution in [3.8, 4) is 17.0 Å². The lowest BCUT2D eigenvalue weighted by Gasteiger charge is -2.13. The van der Waals surface area contributed by atoms with Crippen LogP contribution in [0.2, 0.25) is 0 Å². The molecule has 0 fully saturated rings. The molecule has 8 heteroatoms. The Hall–Kier alpha value is -2.97. The van der Waals surface area contributed by atoms with E-state index in [1.165, 1.54) is 25.4 Å². The maximum atomic E-state index is 14.1. The smallest absolute Gasteiger partial charge is 0.154 e. The SMILES string of the molecule is COc1ccc(-c2ncccc2F)cc1S(=O)Nc1cccc(NCCN)c1. The number of hydrogen-bond acceptors (Lipinski definition) is 5. The number of nitrogens with zero attached hydrogens (tertiary/aromatic N) is 1. The molecule has 0 amide bonds. The standard InChI is InChI=1S/C20H21FN4O2S/c1-27-18-8-7-14(20-17(21)6-3-10-24-20)12-19(18)28(26)25-16-5-2-4-15(13-16)23-11-9-22/h2-8,10,12-13,23,25H,9,11,22H2,1H3. The Labute approximate surface area is 165 Å². The summed E-state index contributed by atoms with van der Waals surface area (Å²) in [5.74, 6) is -0.0145. The molecule has 1 heterocycles. The number of rotatable bonds is 8. The number of hydrogen-bond donors (Lipinski definition) is 3. The minimum atomic E-state index is -1.63. The predicted molar refractivity (Wildman–Crippen MR) is 110 cm³/mol. The van der Waals surface area contributed by atoms with Crippen molar-refractivity contribution in [2.24, 2.45) is 5.73 Å². The molecule has 0 aliphatic heterocycles. The highest BCUT2D eigenvalue weighted by molar-refractivity contribution is 7.86. The maximum Gasteiger partial charge on any atom is 0.154 e. The van der Waals surface area contributed by atoms with E-state index in [9.17, 15) is 8.60 Å². The summed E-state index contributed by atoms with van der Waals surface area (Å²) in [6.07, 6.45) is 1.51. The van der Waals surface area contributed by atoms with Crippen molar-refractivity contribution in [2.45, 2.75) is 4.90 Å². The number of ether oxygens (including phenoxy) is 1. The monoisotopic (exact) mass is 400 g/mol. The van der Waals surface area contributed by atoms with Crippen LogP contribution in [0.3, 0.4) is 0 Å². The number of benzene rings is 2. The average Bonchev–Trinajstić information content (AvgIpc) is 2.72. The van der Waals surface area contributed by atoms with E-state index < -0.39 is 16.8 Å². The Morgan fingerprint density at radius 2 is 1.96 bits per heavy atom. The van der Waals surface area contributed by atoms with Crippen LogP contribution < -0.4 is 20.5 Å². The molecule has 28 heavy (non-hydrogen) atoms. The molecule has 0 aliphatic carbocycles. The number of nitrogens with two attached hydrogens (primary N) is 1. The number of halogens is 1. The van der Waals surface area contributed by atoms with Crippen molar-refractivity contribution in [1.82, 2.24) is 4.98 Å². The van der Waals surface area contributed by atoms with Gasteiger partial charge in [0.1, 0.15) is 22.2 Å². The Kier molecular flexibility index (Phi) is 6.57. The van der Waals surface area contributed by atoms with Gasteiger partial charge >= 0.3 is 0 Å². The lowest BCUT2D eigenvalue weighted by molar-refractivity contribution is 0.404. The summed E-state index contributed by atoms with van der Waals surface area (Å²) < 4.78 is 35.3. The van der Waals surface area contributed by atoms with E-state index >= 15 is 0 Å². The molecule has 1 atom stereocenters. The van der Waals surface area contributed by atoms with Crippen molar-refractivity contribution in [2.75, 3.05) is 30.2 Å². The summed E-state index contributed by atoms with van der Waals surface area (Å²) in [5.41, 5.74) is 7.74. The first-order chi connectivity index (χ1) is 13.6. The predicted octanol–water partition coefficient (Wildman–Crippen LogP) is 3.40. The van der Waals surface area contributed by atoms with Crippen molar-refractivity contribution in [1.29, 1.82) is 0 Å². The molecule has 0 spiro atoms. The second-order valence-electron chi connectivity index (χ2n) is 5.87. The topological polar surface area (TPSA) is 89.3 Å². The molecule has 0 saturated carbocycles. The van der Waals surface area contributed by atoms with Gasteiger partial charge in [-0.15, -0.1) is 0 Å². The molecule has 146 valence electrons. The Morgan fingerprint density at radius 1 is 1.14 bits per heavy atom. The van der Waals surface area contributed by atoms with E-state index in [4.69, 9.17) is 10.5 Å².